The van der Waals surface area contributed by atoms with Crippen LogP contribution in [0.25, 0.3) is 29.3 Å². The molecule has 0 aromatic carbocycles. The molecule has 0 unspecified atom stereocenters. The standard InChI is InChI=1S/C16H8O2P2S4/c17-19-9-8-22-16(15(9)20-18)14-6-5-13(24-14)12-4-3-11(23-12)10-2-1-7-21-10/h1-8H. The van der Waals surface area contributed by atoms with Gasteiger partial charge in [0.05, 0.1) is 15.5 Å². The SMILES string of the molecule is O=Pc1csc(-c2ccc(-c3ccc(-c4cccs4)s3)s2)c1P=O. The Morgan fingerprint density at radius 3 is 2.00 bits per heavy atom. The van der Waals surface area contributed by atoms with E-state index in [0.29, 0.717) is 10.6 Å². The van der Waals surface area contributed by atoms with E-state index in [2.05, 4.69) is 41.8 Å². The van der Waals surface area contributed by atoms with E-state index in [9.17, 15) is 9.13 Å². The van der Waals surface area contributed by atoms with Crippen LogP contribution in [0.15, 0.2) is 47.2 Å². The molecule has 8 heteroatoms. The fraction of sp³-hybridized carbons (Fsp3) is 0. The van der Waals surface area contributed by atoms with Gasteiger partial charge in [-0.3, -0.25) is 9.13 Å². The molecular weight excluding hydrogens is 414 g/mol. The average Bonchev–Trinajstić information content (AvgIpc) is 3.40. The Bertz CT molecular complexity index is 1010. The highest BCUT2D eigenvalue weighted by molar-refractivity contribution is 7.45. The number of hydrogen-bond donors (Lipinski definition) is 0. The molecule has 4 heterocycles. The third-order valence-electron chi connectivity index (χ3n) is 3.38. The zero-order valence-electron chi connectivity index (χ0n) is 12.0. The lowest BCUT2D eigenvalue weighted by Gasteiger charge is -1.93. The van der Waals surface area contributed by atoms with Gasteiger partial charge in [0.25, 0.3) is 0 Å². The molecule has 118 valence electrons. The van der Waals surface area contributed by atoms with Gasteiger partial charge in [-0.2, -0.15) is 0 Å². The van der Waals surface area contributed by atoms with Crippen LogP contribution in [0.2, 0.25) is 0 Å². The lowest BCUT2D eigenvalue weighted by molar-refractivity contribution is 0.601. The highest BCUT2D eigenvalue weighted by Gasteiger charge is 2.16. The summed E-state index contributed by atoms with van der Waals surface area (Å²) in [4.78, 5) is 6.99. The van der Waals surface area contributed by atoms with Gasteiger partial charge in [-0.15, -0.1) is 45.3 Å². The van der Waals surface area contributed by atoms with Gasteiger partial charge < -0.3 is 0 Å². The van der Waals surface area contributed by atoms with Crippen LogP contribution in [0.1, 0.15) is 0 Å². The van der Waals surface area contributed by atoms with Gasteiger partial charge in [0.15, 0.2) is 16.9 Å². The quantitative estimate of drug-likeness (QED) is 0.333. The second-order valence-corrected chi connectivity index (χ2v) is 10.1. The van der Waals surface area contributed by atoms with Crippen molar-refractivity contribution in [1.82, 2.24) is 0 Å². The molecule has 0 radical (unpaired) electrons. The topological polar surface area (TPSA) is 34.1 Å². The maximum absolute atomic E-state index is 11.4. The molecule has 24 heavy (non-hydrogen) atoms. The van der Waals surface area contributed by atoms with Crippen LogP contribution in [0.4, 0.5) is 0 Å². The largest absolute Gasteiger partial charge is 0.269 e. The van der Waals surface area contributed by atoms with E-state index in [1.807, 2.05) is 5.38 Å². The summed E-state index contributed by atoms with van der Waals surface area (Å²) in [7, 11) is -0.166. The monoisotopic (exact) mass is 422 g/mol. The molecule has 0 N–H and O–H groups in total. The third-order valence-corrected chi connectivity index (χ3v) is 9.67. The smallest absolute Gasteiger partial charge is 0.195 e. The summed E-state index contributed by atoms with van der Waals surface area (Å²) >= 11 is 6.70. The summed E-state index contributed by atoms with van der Waals surface area (Å²) in [6, 6.07) is 12.7. The summed E-state index contributed by atoms with van der Waals surface area (Å²) < 4.78 is 22.6. The maximum atomic E-state index is 11.4. The molecule has 0 aliphatic heterocycles. The van der Waals surface area contributed by atoms with E-state index in [1.54, 1.807) is 34.0 Å². The fourth-order valence-electron chi connectivity index (χ4n) is 2.28. The van der Waals surface area contributed by atoms with E-state index in [-0.39, 0.29) is 16.9 Å². The Hall–Kier alpha value is -1.00. The number of hydrogen-bond acceptors (Lipinski definition) is 6. The van der Waals surface area contributed by atoms with E-state index < -0.39 is 0 Å². The van der Waals surface area contributed by atoms with Crippen LogP contribution in [-0.4, -0.2) is 0 Å². The predicted octanol–water partition coefficient (Wildman–Crippen LogP) is 6.77. The first kappa shape index (κ1) is 16.5. The van der Waals surface area contributed by atoms with E-state index in [1.165, 1.54) is 30.8 Å². The Morgan fingerprint density at radius 1 is 0.708 bits per heavy atom. The molecule has 4 aromatic rings. The third kappa shape index (κ3) is 2.99. The molecule has 4 rings (SSSR count). The zero-order chi connectivity index (χ0) is 16.5. The molecular formula is C16H8O2P2S4. The minimum atomic E-state index is -0.0835. The minimum Gasteiger partial charge on any atom is -0.269 e. The van der Waals surface area contributed by atoms with Gasteiger partial charge in [0.1, 0.15) is 0 Å². The van der Waals surface area contributed by atoms with Crippen LogP contribution >= 0.6 is 62.3 Å². The van der Waals surface area contributed by atoms with Gasteiger partial charge in [0, 0.05) is 29.8 Å². The number of rotatable bonds is 5. The second-order valence-electron chi connectivity index (χ2n) is 4.79. The highest BCUT2D eigenvalue weighted by atomic mass is 32.1. The molecule has 0 spiro atoms. The van der Waals surface area contributed by atoms with Crippen molar-refractivity contribution in [3.63, 3.8) is 0 Å². The predicted molar refractivity (Wildman–Crippen MR) is 109 cm³/mol. The van der Waals surface area contributed by atoms with Crippen LogP contribution in [0.5, 0.6) is 0 Å². The Labute approximate surface area is 157 Å². The molecule has 4 aromatic heterocycles. The molecule has 0 fully saturated rings. The van der Waals surface area contributed by atoms with Crippen LogP contribution in [-0.2, 0) is 9.13 Å². The minimum absolute atomic E-state index is 0.0827. The van der Waals surface area contributed by atoms with Crippen molar-refractivity contribution in [3.8, 4) is 29.3 Å². The lowest BCUT2D eigenvalue weighted by atomic mass is 10.3. The molecule has 0 amide bonds. The summed E-state index contributed by atoms with van der Waals surface area (Å²) in [5.74, 6) is 0. The normalized spacial score (nSPS) is 11.5. The van der Waals surface area contributed by atoms with Crippen molar-refractivity contribution in [1.29, 1.82) is 0 Å². The van der Waals surface area contributed by atoms with Gasteiger partial charge in [-0.05, 0) is 35.7 Å². The zero-order valence-corrected chi connectivity index (χ0v) is 17.0. The lowest BCUT2D eigenvalue weighted by Crippen LogP contribution is -2.07. The van der Waals surface area contributed by atoms with Gasteiger partial charge >= 0.3 is 0 Å². The molecule has 2 nitrogen and oxygen atoms in total. The molecule has 0 aliphatic carbocycles. The Balaban J connectivity index is 1.70. The van der Waals surface area contributed by atoms with Crippen molar-refractivity contribution in [2.45, 2.75) is 0 Å². The van der Waals surface area contributed by atoms with Gasteiger partial charge in [-0.25, -0.2) is 0 Å². The van der Waals surface area contributed by atoms with Crippen molar-refractivity contribution in [2.75, 3.05) is 0 Å². The van der Waals surface area contributed by atoms with E-state index in [0.717, 1.165) is 9.75 Å². The van der Waals surface area contributed by atoms with Crippen molar-refractivity contribution in [3.05, 3.63) is 47.2 Å². The second kappa shape index (κ2) is 7.09. The summed E-state index contributed by atoms with van der Waals surface area (Å²) in [6.45, 7) is 0. The highest BCUT2D eigenvalue weighted by Crippen LogP contribution is 2.42. The first-order valence-corrected chi connectivity index (χ1v) is 11.8. The summed E-state index contributed by atoms with van der Waals surface area (Å²) in [5, 5.41) is 5.14. The van der Waals surface area contributed by atoms with E-state index >= 15 is 0 Å². The molecule has 0 aliphatic rings. The van der Waals surface area contributed by atoms with Crippen LogP contribution in [0.3, 0.4) is 0 Å². The fourth-order valence-corrected chi connectivity index (χ4v) is 7.83. The first-order valence-electron chi connectivity index (χ1n) is 6.82. The van der Waals surface area contributed by atoms with E-state index in [4.69, 9.17) is 0 Å². The van der Waals surface area contributed by atoms with Gasteiger partial charge in [0.2, 0.25) is 0 Å². The Kier molecular flexibility index (Phi) is 4.86. The Morgan fingerprint density at radius 2 is 1.38 bits per heavy atom. The summed E-state index contributed by atoms with van der Waals surface area (Å²) in [6.07, 6.45) is 0. The average molecular weight is 422 g/mol. The molecule has 0 saturated heterocycles. The summed E-state index contributed by atoms with van der Waals surface area (Å²) in [5.41, 5.74) is 0. The van der Waals surface area contributed by atoms with Crippen molar-refractivity contribution < 1.29 is 9.13 Å². The molecule has 0 saturated carbocycles. The van der Waals surface area contributed by atoms with Crippen molar-refractivity contribution in [2.24, 2.45) is 0 Å². The number of thiophene rings is 4. The first-order chi connectivity index (χ1) is 11.8. The molecule has 0 bridgehead atoms. The van der Waals surface area contributed by atoms with Gasteiger partial charge in [-0.1, -0.05) is 6.07 Å². The maximum Gasteiger partial charge on any atom is 0.195 e. The van der Waals surface area contributed by atoms with Crippen LogP contribution < -0.4 is 10.6 Å². The molecule has 0 atom stereocenters. The van der Waals surface area contributed by atoms with Crippen molar-refractivity contribution >= 4 is 72.9 Å². The van der Waals surface area contributed by atoms with Crippen LogP contribution in [0, 0.1) is 0 Å².